The van der Waals surface area contributed by atoms with Crippen molar-refractivity contribution in [3.63, 3.8) is 0 Å². The van der Waals surface area contributed by atoms with Crippen LogP contribution in [0.5, 0.6) is 0 Å². The molecule has 0 atom stereocenters. The van der Waals surface area contributed by atoms with Gasteiger partial charge in [0, 0.05) is 67.1 Å². The standard InChI is InChI=1S/C13H9N.C12H8N2.CHF3O3S.3CO.Re/c1-2-4-12(5-3-1)6-7-13-8-10-14-11-9-13;1-3-9-5-6-10-4-2-8-14-12(10)11(9)13-7-1;2-1(3,4)8(5,6)7;3*1-2;/h1-5,8-11H;1-8H;(H,5,6,7);;;;/p-1. The van der Waals surface area contributed by atoms with Crippen LogP contribution in [0.2, 0.25) is 0 Å². The Hall–Kier alpha value is -4.45. The van der Waals surface area contributed by atoms with Gasteiger partial charge in [-0.2, -0.15) is 13.2 Å². The van der Waals surface area contributed by atoms with E-state index in [1.807, 2.05) is 54.6 Å². The number of hydrogen-bond donors (Lipinski definition) is 0. The molecule has 3 aromatic heterocycles. The Bertz CT molecular complexity index is 1640. The summed E-state index contributed by atoms with van der Waals surface area (Å²) in [7, 11) is -6.09. The number of aromatic nitrogens is 3. The number of hydrogen-bond acceptors (Lipinski definition) is 6. The largest absolute Gasteiger partial charge is 0.254 e. The van der Waals surface area contributed by atoms with Gasteiger partial charge in [-0.25, -0.2) is 8.42 Å². The van der Waals surface area contributed by atoms with Crippen LogP contribution < -0.4 is 0 Å². The molecule has 3 heterocycles. The first kappa shape index (κ1) is 40.7. The third-order valence-corrected chi connectivity index (χ3v) is 5.00. The van der Waals surface area contributed by atoms with Gasteiger partial charge in [0.15, 0.2) is 10.1 Å². The molecule has 0 fully saturated rings. The molecule has 1 radical (unpaired) electrons. The second kappa shape index (κ2) is 22.2. The molecule has 43 heavy (non-hydrogen) atoms. The topological polar surface area (TPSA) is 156 Å². The van der Waals surface area contributed by atoms with Gasteiger partial charge in [-0.1, -0.05) is 54.3 Å². The van der Waals surface area contributed by atoms with Crippen LogP contribution >= 0.6 is 0 Å². The zero-order valence-electron chi connectivity index (χ0n) is 21.5. The first-order valence-corrected chi connectivity index (χ1v) is 12.2. The number of benzene rings is 2. The maximum atomic E-state index is 10.7. The molecule has 0 N–H and O–H groups in total. The van der Waals surface area contributed by atoms with E-state index < -0.39 is 15.6 Å². The smallest absolute Gasteiger partial charge is 0.0964 e. The van der Waals surface area contributed by atoms with E-state index in [-0.39, 0.29) is 20.4 Å². The van der Waals surface area contributed by atoms with Gasteiger partial charge in [0.25, 0.3) is 0 Å². The molecule has 0 spiro atoms. The van der Waals surface area contributed by atoms with Crippen molar-refractivity contribution in [2.75, 3.05) is 0 Å². The zero-order valence-corrected chi connectivity index (χ0v) is 25.1. The van der Waals surface area contributed by atoms with Crippen LogP contribution in [-0.4, -0.2) is 33.4 Å². The fraction of sp³-hybridized carbons (Fsp3) is 0.0345. The van der Waals surface area contributed by atoms with Crippen molar-refractivity contribution in [1.29, 1.82) is 0 Å². The van der Waals surface area contributed by atoms with Gasteiger partial charge in [-0.3, -0.25) is 15.0 Å². The average Bonchev–Trinajstić information content (AvgIpc) is 3.04. The van der Waals surface area contributed by atoms with E-state index in [0.717, 1.165) is 32.9 Å². The molecule has 0 saturated heterocycles. The summed E-state index contributed by atoms with van der Waals surface area (Å²) in [5.74, 6) is 6.15. The first-order valence-electron chi connectivity index (χ1n) is 10.8. The Labute approximate surface area is 258 Å². The number of halogens is 3. The van der Waals surface area contributed by atoms with Crippen LogP contribution in [0.25, 0.3) is 21.8 Å². The molecule has 219 valence electrons. The Balaban J connectivity index is 0. The fourth-order valence-corrected chi connectivity index (χ4v) is 2.78. The number of pyridine rings is 3. The Morgan fingerprint density at radius 1 is 0.628 bits per heavy atom. The van der Waals surface area contributed by atoms with Crippen LogP contribution in [0.3, 0.4) is 0 Å². The van der Waals surface area contributed by atoms with Gasteiger partial charge in [-0.05, 0) is 36.4 Å². The number of nitrogens with zero attached hydrogens (tertiary/aromatic N) is 3. The first-order chi connectivity index (χ1) is 20.1. The minimum atomic E-state index is -6.09. The van der Waals surface area contributed by atoms with Crippen LogP contribution in [0.15, 0.2) is 104 Å². The normalized spacial score (nSPS) is 9.16. The number of fused-ring (bicyclic) bond motifs is 3. The molecule has 0 aliphatic heterocycles. The van der Waals surface area contributed by atoms with Crippen LogP contribution in [0, 0.1) is 31.8 Å². The molecule has 5 rings (SSSR count). The third-order valence-electron chi connectivity index (χ3n) is 4.43. The minimum Gasteiger partial charge on any atom is -0.254 e. The van der Waals surface area contributed by atoms with Crippen molar-refractivity contribution in [3.8, 4) is 11.8 Å². The number of alkyl halides is 3. The van der Waals surface area contributed by atoms with Gasteiger partial charge in [-0.15, -0.1) is 0 Å². The van der Waals surface area contributed by atoms with Gasteiger partial charge < -0.3 is 4.55 Å². The fourth-order valence-electron chi connectivity index (χ4n) is 2.78. The molecule has 0 bridgehead atoms. The van der Waals surface area contributed by atoms with Crippen molar-refractivity contribution in [1.82, 2.24) is 15.0 Å². The Morgan fingerprint density at radius 2 is 1.00 bits per heavy atom. The van der Waals surface area contributed by atoms with E-state index in [2.05, 4.69) is 71.0 Å². The van der Waals surface area contributed by atoms with Crippen molar-refractivity contribution in [3.05, 3.63) is 135 Å². The summed E-state index contributed by atoms with van der Waals surface area (Å²) >= 11 is 0. The molecule has 14 heteroatoms. The molecule has 0 aliphatic carbocycles. The van der Waals surface area contributed by atoms with E-state index in [9.17, 15) is 13.2 Å². The predicted molar refractivity (Wildman–Crippen MR) is 141 cm³/mol. The Morgan fingerprint density at radius 3 is 1.37 bits per heavy atom. The van der Waals surface area contributed by atoms with Crippen LogP contribution in [-0.2, 0) is 44.5 Å². The second-order valence-corrected chi connectivity index (χ2v) is 8.34. The van der Waals surface area contributed by atoms with Gasteiger partial charge in [0.05, 0.1) is 11.0 Å². The maximum absolute atomic E-state index is 10.7. The summed E-state index contributed by atoms with van der Waals surface area (Å²) in [6, 6.07) is 25.9. The van der Waals surface area contributed by atoms with E-state index >= 15 is 0 Å². The van der Waals surface area contributed by atoms with Crippen molar-refractivity contribution in [2.24, 2.45) is 0 Å². The summed E-state index contributed by atoms with van der Waals surface area (Å²) in [5.41, 5.74) is -1.67. The maximum Gasteiger partial charge on any atom is 0.0964 e. The van der Waals surface area contributed by atoms with E-state index in [0.29, 0.717) is 0 Å². The van der Waals surface area contributed by atoms with Crippen molar-refractivity contribution < 1.29 is 60.5 Å². The zero-order chi connectivity index (χ0) is 32.0. The summed E-state index contributed by atoms with van der Waals surface area (Å²) < 4.78 is 81.4. The van der Waals surface area contributed by atoms with Gasteiger partial charge in [0.1, 0.15) is 0 Å². The van der Waals surface area contributed by atoms with Crippen LogP contribution in [0.1, 0.15) is 11.1 Å². The molecule has 0 amide bonds. The van der Waals surface area contributed by atoms with Gasteiger partial charge in [0.2, 0.25) is 0 Å². The second-order valence-electron chi connectivity index (χ2n) is 6.97. The number of rotatable bonds is 0. The predicted octanol–water partition coefficient (Wildman–Crippen LogP) is 5.20. The molecule has 9 nitrogen and oxygen atoms in total. The minimum absolute atomic E-state index is 0. The summed E-state index contributed by atoms with van der Waals surface area (Å²) in [4.78, 5) is 12.6. The quantitative estimate of drug-likeness (QED) is 0.0526. The summed E-state index contributed by atoms with van der Waals surface area (Å²) in [6.07, 6.45) is 7.09. The molecule has 0 saturated carbocycles. The monoisotopic (exact) mass is 779 g/mol. The molecule has 0 aliphatic rings. The van der Waals surface area contributed by atoms with E-state index in [1.165, 1.54) is 0 Å². The molecular weight excluding hydrogens is 762 g/mol. The SMILES string of the molecule is C(#Cc1ccncc1)c1ccccc1.O=S(=O)([O-])C(F)(F)F.[C-]#[O+].[C-]#[O+].[C-]#[O+].[Re].c1cnc2c(c1)ccc1cccnc12. The molecule has 5 aromatic rings. The van der Waals surface area contributed by atoms with Gasteiger partial charge >= 0.3 is 39.4 Å². The van der Waals surface area contributed by atoms with Crippen LogP contribution in [0.4, 0.5) is 13.2 Å². The Kier molecular flexibility index (Phi) is 21.0. The van der Waals surface area contributed by atoms with Crippen molar-refractivity contribution in [2.45, 2.75) is 5.51 Å². The van der Waals surface area contributed by atoms with E-state index in [1.54, 1.807) is 24.8 Å². The van der Waals surface area contributed by atoms with Crippen molar-refractivity contribution >= 4 is 31.9 Å². The summed E-state index contributed by atoms with van der Waals surface area (Å²) in [5, 5.41) is 2.28. The molecular formula is C29H17F3N3O6ReS-. The van der Waals surface area contributed by atoms with E-state index in [4.69, 9.17) is 26.9 Å². The molecule has 2 aromatic carbocycles. The average molecular weight is 779 g/mol. The third kappa shape index (κ3) is 14.8. The molecule has 0 unspecified atom stereocenters. The summed E-state index contributed by atoms with van der Waals surface area (Å²) in [6.45, 7) is 13.5.